The number of carbonyl (C=O) groups excluding carboxylic acids is 1. The van der Waals surface area contributed by atoms with Crippen LogP contribution in [0.5, 0.6) is 0 Å². The Kier molecular flexibility index (Phi) is 4.91. The predicted molar refractivity (Wildman–Crippen MR) is 90.6 cm³/mol. The number of nitrogens with one attached hydrogen (secondary N) is 1. The molecule has 110 valence electrons. The number of hydrogen-bond acceptors (Lipinski definition) is 2. The van der Waals surface area contributed by atoms with Gasteiger partial charge in [0.05, 0.1) is 5.02 Å². The van der Waals surface area contributed by atoms with Gasteiger partial charge in [-0.15, -0.1) is 0 Å². The number of hydrogen-bond donors (Lipinski definition) is 2. The summed E-state index contributed by atoms with van der Waals surface area (Å²) in [4.78, 5) is 11.8. The molecule has 0 aliphatic rings. The Bertz CT molecular complexity index is 688. The fourth-order valence-corrected chi connectivity index (χ4v) is 2.51. The average Bonchev–Trinajstić information content (AvgIpc) is 2.43. The molecule has 1 atom stereocenters. The van der Waals surface area contributed by atoms with Crippen LogP contribution >= 0.6 is 27.5 Å². The number of primary amides is 1. The minimum absolute atomic E-state index is 0.427. The molecule has 0 aliphatic carbocycles. The lowest BCUT2D eigenvalue weighted by atomic mass is 10.0. The number of aryl methyl sites for hydroxylation is 2. The Hall–Kier alpha value is -1.52. The van der Waals surface area contributed by atoms with Crippen LogP contribution in [0.3, 0.4) is 0 Å². The molecule has 1 amide bonds. The second-order valence-corrected chi connectivity index (χ2v) is 6.21. The summed E-state index contributed by atoms with van der Waals surface area (Å²) in [6.45, 7) is 4.04. The van der Waals surface area contributed by atoms with E-state index >= 15 is 0 Å². The van der Waals surface area contributed by atoms with E-state index in [9.17, 15) is 4.79 Å². The maximum absolute atomic E-state index is 11.8. The van der Waals surface area contributed by atoms with E-state index in [0.717, 1.165) is 21.3 Å². The van der Waals surface area contributed by atoms with Crippen molar-refractivity contribution in [3.8, 4) is 0 Å². The number of rotatable bonds is 4. The molecular formula is C16H16BrClN2O. The molecule has 0 radical (unpaired) electrons. The summed E-state index contributed by atoms with van der Waals surface area (Å²) in [5.41, 5.74) is 9.45. The number of amides is 1. The first-order valence-corrected chi connectivity index (χ1v) is 7.63. The molecule has 0 saturated heterocycles. The lowest BCUT2D eigenvalue weighted by Gasteiger charge is -2.18. The Morgan fingerprint density at radius 3 is 2.48 bits per heavy atom. The van der Waals surface area contributed by atoms with Gasteiger partial charge in [-0.25, -0.2) is 0 Å². The van der Waals surface area contributed by atoms with Crippen LogP contribution in [0.2, 0.25) is 5.02 Å². The van der Waals surface area contributed by atoms with Gasteiger partial charge in [0, 0.05) is 10.2 Å². The number of anilines is 1. The molecule has 5 heteroatoms. The highest BCUT2D eigenvalue weighted by atomic mass is 79.9. The zero-order valence-electron chi connectivity index (χ0n) is 11.8. The number of halogens is 2. The highest BCUT2D eigenvalue weighted by molar-refractivity contribution is 9.10. The normalized spacial score (nSPS) is 12.0. The summed E-state index contributed by atoms with van der Waals surface area (Å²) in [5, 5.41) is 3.76. The van der Waals surface area contributed by atoms with Crippen LogP contribution in [-0.2, 0) is 4.79 Å². The van der Waals surface area contributed by atoms with Gasteiger partial charge < -0.3 is 11.1 Å². The first-order chi connectivity index (χ1) is 9.88. The van der Waals surface area contributed by atoms with Crippen LogP contribution in [0.15, 0.2) is 40.9 Å². The lowest BCUT2D eigenvalue weighted by Crippen LogP contribution is -2.27. The third kappa shape index (κ3) is 3.77. The predicted octanol–water partition coefficient (Wildman–Crippen LogP) is 4.36. The van der Waals surface area contributed by atoms with E-state index in [0.29, 0.717) is 5.02 Å². The second-order valence-electron chi connectivity index (χ2n) is 4.95. The largest absolute Gasteiger partial charge is 0.370 e. The molecule has 0 fully saturated rings. The SMILES string of the molecule is Cc1ccc(C(Nc2ccc(Cl)c(Br)c2)C(N)=O)cc1C. The van der Waals surface area contributed by atoms with Gasteiger partial charge >= 0.3 is 0 Å². The first-order valence-electron chi connectivity index (χ1n) is 6.46. The number of benzene rings is 2. The molecule has 1 unspecified atom stereocenters. The fourth-order valence-electron chi connectivity index (χ4n) is 2.02. The summed E-state index contributed by atoms with van der Waals surface area (Å²) in [6, 6.07) is 10.7. The smallest absolute Gasteiger partial charge is 0.244 e. The Morgan fingerprint density at radius 2 is 1.90 bits per heavy atom. The molecule has 0 saturated carbocycles. The highest BCUT2D eigenvalue weighted by Gasteiger charge is 2.18. The van der Waals surface area contributed by atoms with Crippen LogP contribution in [0, 0.1) is 13.8 Å². The van der Waals surface area contributed by atoms with Crippen molar-refractivity contribution in [3.63, 3.8) is 0 Å². The van der Waals surface area contributed by atoms with Gasteiger partial charge in [-0.1, -0.05) is 29.8 Å². The summed E-state index contributed by atoms with van der Waals surface area (Å²) >= 11 is 9.33. The van der Waals surface area contributed by atoms with Crippen LogP contribution < -0.4 is 11.1 Å². The minimum Gasteiger partial charge on any atom is -0.370 e. The van der Waals surface area contributed by atoms with Crippen LogP contribution in [0.1, 0.15) is 22.7 Å². The van der Waals surface area contributed by atoms with E-state index in [1.165, 1.54) is 5.56 Å². The molecular weight excluding hydrogens is 352 g/mol. The minimum atomic E-state index is -0.586. The van der Waals surface area contributed by atoms with E-state index in [4.69, 9.17) is 17.3 Å². The molecule has 0 heterocycles. The van der Waals surface area contributed by atoms with E-state index in [2.05, 4.69) is 21.2 Å². The Balaban J connectivity index is 2.32. The molecule has 3 N–H and O–H groups in total. The third-order valence-electron chi connectivity index (χ3n) is 3.38. The Morgan fingerprint density at radius 1 is 1.19 bits per heavy atom. The van der Waals surface area contributed by atoms with E-state index in [-0.39, 0.29) is 0 Å². The molecule has 0 aromatic heterocycles. The zero-order chi connectivity index (χ0) is 15.6. The van der Waals surface area contributed by atoms with Crippen molar-refractivity contribution in [2.24, 2.45) is 5.73 Å². The topological polar surface area (TPSA) is 55.1 Å². The lowest BCUT2D eigenvalue weighted by molar-refractivity contribution is -0.118. The van der Waals surface area contributed by atoms with Crippen molar-refractivity contribution in [2.45, 2.75) is 19.9 Å². The number of carbonyl (C=O) groups is 1. The summed E-state index contributed by atoms with van der Waals surface area (Å²) in [6.07, 6.45) is 0. The van der Waals surface area contributed by atoms with Crippen molar-refractivity contribution in [1.29, 1.82) is 0 Å². The highest BCUT2D eigenvalue weighted by Crippen LogP contribution is 2.28. The van der Waals surface area contributed by atoms with Gasteiger partial charge in [0.15, 0.2) is 0 Å². The number of nitrogens with two attached hydrogens (primary N) is 1. The van der Waals surface area contributed by atoms with Crippen LogP contribution in [-0.4, -0.2) is 5.91 Å². The fraction of sp³-hybridized carbons (Fsp3) is 0.188. The quantitative estimate of drug-likeness (QED) is 0.843. The zero-order valence-corrected chi connectivity index (χ0v) is 14.1. The van der Waals surface area contributed by atoms with E-state index in [1.54, 1.807) is 6.07 Å². The molecule has 2 aromatic carbocycles. The molecule has 0 bridgehead atoms. The maximum atomic E-state index is 11.8. The van der Waals surface area contributed by atoms with Gasteiger partial charge in [-0.3, -0.25) is 4.79 Å². The van der Waals surface area contributed by atoms with Crippen LogP contribution in [0.25, 0.3) is 0 Å². The van der Waals surface area contributed by atoms with Crippen LogP contribution in [0.4, 0.5) is 5.69 Å². The van der Waals surface area contributed by atoms with Crippen molar-refractivity contribution in [3.05, 3.63) is 62.6 Å². The molecule has 0 spiro atoms. The summed E-state index contributed by atoms with van der Waals surface area (Å²) < 4.78 is 0.762. The molecule has 21 heavy (non-hydrogen) atoms. The van der Waals surface area contributed by atoms with E-state index in [1.807, 2.05) is 44.2 Å². The van der Waals surface area contributed by atoms with Crippen molar-refractivity contribution in [1.82, 2.24) is 0 Å². The summed E-state index contributed by atoms with van der Waals surface area (Å²) in [5.74, 6) is -0.427. The molecule has 2 rings (SSSR count). The molecule has 2 aromatic rings. The third-order valence-corrected chi connectivity index (χ3v) is 4.59. The van der Waals surface area contributed by atoms with Crippen molar-refractivity contribution < 1.29 is 4.79 Å². The Labute approximate surface area is 137 Å². The average molecular weight is 368 g/mol. The molecule has 3 nitrogen and oxygen atoms in total. The van der Waals surface area contributed by atoms with Crippen molar-refractivity contribution in [2.75, 3.05) is 5.32 Å². The van der Waals surface area contributed by atoms with Crippen molar-refractivity contribution >= 4 is 39.1 Å². The van der Waals surface area contributed by atoms with Gasteiger partial charge in [-0.2, -0.15) is 0 Å². The summed E-state index contributed by atoms with van der Waals surface area (Å²) in [7, 11) is 0. The first kappa shape index (κ1) is 15.9. The van der Waals surface area contributed by atoms with E-state index < -0.39 is 11.9 Å². The van der Waals surface area contributed by atoms with Gasteiger partial charge in [0.25, 0.3) is 0 Å². The van der Waals surface area contributed by atoms with Gasteiger partial charge in [-0.05, 0) is 64.7 Å². The second kappa shape index (κ2) is 6.50. The maximum Gasteiger partial charge on any atom is 0.244 e. The monoisotopic (exact) mass is 366 g/mol. The molecule has 0 aliphatic heterocycles. The van der Waals surface area contributed by atoms with Gasteiger partial charge in [0.2, 0.25) is 5.91 Å². The van der Waals surface area contributed by atoms with Gasteiger partial charge in [0.1, 0.15) is 6.04 Å². The standard InChI is InChI=1S/C16H16BrClN2O/c1-9-3-4-11(7-10(9)2)15(16(19)21)20-12-5-6-14(18)13(17)8-12/h3-8,15,20H,1-2H3,(H2,19,21).